The van der Waals surface area contributed by atoms with Gasteiger partial charge in [0.1, 0.15) is 0 Å². The van der Waals surface area contributed by atoms with Crippen molar-refractivity contribution >= 4 is 65.4 Å². The molecule has 0 radical (unpaired) electrons. The van der Waals surface area contributed by atoms with Gasteiger partial charge in [0.15, 0.2) is 0 Å². The molecule has 0 saturated carbocycles. The molecule has 7 heavy (non-hydrogen) atoms. The van der Waals surface area contributed by atoms with Gasteiger partial charge in [-0.25, -0.2) is 0 Å². The van der Waals surface area contributed by atoms with Crippen LogP contribution in [0.15, 0.2) is 0 Å². The predicted molar refractivity (Wildman–Crippen MR) is 31.2 cm³/mol. The van der Waals surface area contributed by atoms with Crippen LogP contribution in [-0.2, 0) is 43.7 Å². The van der Waals surface area contributed by atoms with Gasteiger partial charge in [0.25, 0.3) is 0 Å². The van der Waals surface area contributed by atoms with Crippen molar-refractivity contribution in [3.63, 3.8) is 0 Å². The van der Waals surface area contributed by atoms with Gasteiger partial charge in [-0.1, -0.05) is 0 Å². The zero-order chi connectivity index (χ0) is 4.00. The van der Waals surface area contributed by atoms with Crippen LogP contribution in [0.3, 0.4) is 0 Å². The minimum atomic E-state index is 0. The molecule has 7 heteroatoms. The van der Waals surface area contributed by atoms with Gasteiger partial charge in [0, 0.05) is 0 Å². The molecule has 0 N–H and O–H groups in total. The average molecular weight is 426 g/mol. The van der Waals surface area contributed by atoms with Crippen LogP contribution in [0.5, 0.6) is 0 Å². The van der Waals surface area contributed by atoms with Gasteiger partial charge < -0.3 is 0 Å². The van der Waals surface area contributed by atoms with Gasteiger partial charge in [-0.05, 0) is 0 Å². The molecule has 2 nitrogen and oxygen atoms in total. The van der Waals surface area contributed by atoms with Crippen molar-refractivity contribution in [2.75, 3.05) is 0 Å². The van der Waals surface area contributed by atoms with Crippen LogP contribution in [0.4, 0.5) is 0 Å². The maximum atomic E-state index is 8.38. The summed E-state index contributed by atoms with van der Waals surface area (Å²) >= 11 is 0.250. The summed E-state index contributed by atoms with van der Waals surface area (Å²) in [4.78, 5) is 0. The Morgan fingerprint density at radius 3 is 0.714 bits per heavy atom. The summed E-state index contributed by atoms with van der Waals surface area (Å²) in [7, 11) is 0. The van der Waals surface area contributed by atoms with Crippen LogP contribution in [0.2, 0.25) is 0 Å². The van der Waals surface area contributed by atoms with E-state index in [4.69, 9.17) is 7.15 Å². The molecule has 0 heterocycles. The van der Waals surface area contributed by atoms with Gasteiger partial charge in [-0.15, -0.1) is 0 Å². The van der Waals surface area contributed by atoms with Crippen molar-refractivity contribution in [2.45, 2.75) is 0 Å². The standard InChI is InChI=1S/2Ga.In.2O.2Zn.9H. The van der Waals surface area contributed by atoms with E-state index in [-0.39, 0.29) is 102 Å². The Hall–Kier alpha value is 2.99. The zero-order valence-corrected chi connectivity index (χ0v) is 8.16. The first kappa shape index (κ1) is 32.4. The monoisotopic (exact) mass is 422 g/mol. The Balaban J connectivity index is -0.00000000267. The van der Waals surface area contributed by atoms with E-state index in [2.05, 4.69) is 0 Å². The average Bonchev–Trinajstić information content (AvgIpc) is 1.50. The van der Waals surface area contributed by atoms with E-state index in [1.165, 1.54) is 0 Å². The van der Waals surface area contributed by atoms with Gasteiger partial charge in [0.05, 0.1) is 0 Å². The summed E-state index contributed by atoms with van der Waals surface area (Å²) < 4.78 is 16.8. The van der Waals surface area contributed by atoms with E-state index < -0.39 is 0 Å². The fraction of sp³-hybridized carbons (Fsp3) is 0. The molecule has 0 aliphatic carbocycles. The minimum absolute atomic E-state index is 0. The molecule has 0 atom stereocenters. The quantitative estimate of drug-likeness (QED) is 0.373. The molecule has 0 spiro atoms. The molecule has 0 aliphatic heterocycles. The van der Waals surface area contributed by atoms with Gasteiger partial charge in [-0.2, -0.15) is 0 Å². The van der Waals surface area contributed by atoms with E-state index >= 15 is 0 Å². The molecule has 0 aliphatic rings. The van der Waals surface area contributed by atoms with Crippen LogP contribution in [0, 0.1) is 0 Å². The van der Waals surface area contributed by atoms with Crippen molar-refractivity contribution in [1.29, 1.82) is 0 Å². The Morgan fingerprint density at radius 2 is 0.714 bits per heavy atom. The summed E-state index contributed by atoms with van der Waals surface area (Å²) in [5, 5.41) is 0. The van der Waals surface area contributed by atoms with Crippen molar-refractivity contribution in [2.24, 2.45) is 0 Å². The van der Waals surface area contributed by atoms with Crippen molar-refractivity contribution in [3.8, 4) is 0 Å². The molecular formula is H9Ga2InO2Zn2. The summed E-state index contributed by atoms with van der Waals surface area (Å²) in [6.07, 6.45) is 0. The normalized spacial score (nSPS) is 1.71. The molecular weight excluding hydrogens is 417 g/mol. The number of hydrogen-bond donors (Lipinski definition) is 0. The van der Waals surface area contributed by atoms with E-state index in [1.54, 1.807) is 0 Å². The fourth-order valence-corrected chi connectivity index (χ4v) is 0. The van der Waals surface area contributed by atoms with Crippen LogP contribution in [-0.4, -0.2) is 65.4 Å². The van der Waals surface area contributed by atoms with E-state index in [0.717, 1.165) is 0 Å². The Kier molecular flexibility index (Phi) is 297. The SMILES string of the molecule is [GaH3].[GaH3].[InH3].[O]=[Zn].[O]=[Zn]. The van der Waals surface area contributed by atoms with Crippen molar-refractivity contribution < 1.29 is 43.7 Å². The van der Waals surface area contributed by atoms with E-state index in [9.17, 15) is 0 Å². The molecule has 0 fully saturated rings. The van der Waals surface area contributed by atoms with Crippen LogP contribution in [0.1, 0.15) is 0 Å². The van der Waals surface area contributed by atoms with Crippen LogP contribution in [0.25, 0.3) is 0 Å². The zero-order valence-electron chi connectivity index (χ0n) is 2.23. The van der Waals surface area contributed by atoms with Crippen LogP contribution >= 0.6 is 0 Å². The van der Waals surface area contributed by atoms with E-state index in [1.807, 2.05) is 0 Å². The van der Waals surface area contributed by atoms with Gasteiger partial charge in [-0.3, -0.25) is 0 Å². The Labute approximate surface area is 107 Å². The molecule has 0 aromatic rings. The number of rotatable bonds is 0. The summed E-state index contributed by atoms with van der Waals surface area (Å²) in [5.41, 5.74) is 0. The van der Waals surface area contributed by atoms with Gasteiger partial charge in [0.2, 0.25) is 0 Å². The predicted octanol–water partition coefficient (Wildman–Crippen LogP) is -3.79. The first-order valence-corrected chi connectivity index (χ1v) is 3.00. The molecule has 0 rings (SSSR count). The van der Waals surface area contributed by atoms with E-state index in [0.29, 0.717) is 0 Å². The topological polar surface area (TPSA) is 34.1 Å². The fourth-order valence-electron chi connectivity index (χ4n) is 0. The first-order chi connectivity index (χ1) is 2.00. The second-order valence-electron chi connectivity index (χ2n) is 0. The Morgan fingerprint density at radius 1 is 0.714 bits per heavy atom. The summed E-state index contributed by atoms with van der Waals surface area (Å²) in [6.45, 7) is 0. The summed E-state index contributed by atoms with van der Waals surface area (Å²) in [5.74, 6) is 0. The molecule has 34 valence electrons. The third kappa shape index (κ3) is 49.1. The maximum absolute atomic E-state index is 8.38. The molecule has 0 saturated heterocycles. The third-order valence-electron chi connectivity index (χ3n) is 0. The third-order valence-corrected chi connectivity index (χ3v) is 0. The van der Waals surface area contributed by atoms with Crippen molar-refractivity contribution in [1.82, 2.24) is 0 Å². The van der Waals surface area contributed by atoms with Crippen LogP contribution < -0.4 is 0 Å². The second kappa shape index (κ2) is 64.2. The molecule has 0 unspecified atom stereocenters. The second-order valence-corrected chi connectivity index (χ2v) is 0. The molecule has 0 aromatic carbocycles. The summed E-state index contributed by atoms with van der Waals surface area (Å²) in [6, 6.07) is 0. The van der Waals surface area contributed by atoms with Crippen molar-refractivity contribution in [3.05, 3.63) is 0 Å². The van der Waals surface area contributed by atoms with Gasteiger partial charge >= 0.3 is 109 Å². The molecule has 0 amide bonds. The first-order valence-electron chi connectivity index (χ1n) is 0.577. The molecule has 0 aromatic heterocycles. The Bertz CT molecular complexity index is 15.7. The number of hydrogen-bond acceptors (Lipinski definition) is 2. The molecule has 0 bridgehead atoms.